The maximum absolute atomic E-state index is 12.6. The molecule has 0 spiro atoms. The van der Waals surface area contributed by atoms with Crippen LogP contribution in [-0.2, 0) is 9.84 Å². The molecule has 0 aliphatic rings. The van der Waals surface area contributed by atoms with Crippen molar-refractivity contribution < 1.29 is 22.4 Å². The van der Waals surface area contributed by atoms with Crippen LogP contribution in [0, 0.1) is 0 Å². The molecular weight excluding hydrogens is 366 g/mol. The van der Waals surface area contributed by atoms with Gasteiger partial charge >= 0.3 is 0 Å². The van der Waals surface area contributed by atoms with Gasteiger partial charge in [0.05, 0.1) is 18.0 Å². The van der Waals surface area contributed by atoms with Gasteiger partial charge < -0.3 is 14.5 Å². The highest BCUT2D eigenvalue weighted by Crippen LogP contribution is 2.29. The van der Waals surface area contributed by atoms with Crippen LogP contribution in [0.5, 0.6) is 5.75 Å². The van der Waals surface area contributed by atoms with Gasteiger partial charge in [-0.2, -0.15) is 0 Å². The Balaban J connectivity index is 1.83. The van der Waals surface area contributed by atoms with Crippen LogP contribution < -0.4 is 10.1 Å². The summed E-state index contributed by atoms with van der Waals surface area (Å²) in [6, 6.07) is 13.4. The molecule has 3 rings (SSSR count). The molecule has 0 saturated heterocycles. The summed E-state index contributed by atoms with van der Waals surface area (Å²) in [5.74, 6) is 0.419. The first kappa shape index (κ1) is 19.0. The van der Waals surface area contributed by atoms with Crippen molar-refractivity contribution in [2.24, 2.45) is 0 Å². The summed E-state index contributed by atoms with van der Waals surface area (Å²) in [7, 11) is -1.71. The van der Waals surface area contributed by atoms with Crippen LogP contribution in [0.4, 0.5) is 0 Å². The van der Waals surface area contributed by atoms with Crippen molar-refractivity contribution in [2.45, 2.75) is 24.3 Å². The second-order valence-corrected chi connectivity index (χ2v) is 8.28. The third-order valence-corrected chi connectivity index (χ3v) is 5.50. The summed E-state index contributed by atoms with van der Waals surface area (Å²) < 4.78 is 34.1. The number of carbonyl (C=O) groups excluding carboxylic acids is 1. The van der Waals surface area contributed by atoms with Crippen molar-refractivity contribution in [3.63, 3.8) is 0 Å². The summed E-state index contributed by atoms with van der Waals surface area (Å²) >= 11 is 0. The Labute approximate surface area is 158 Å². The van der Waals surface area contributed by atoms with E-state index < -0.39 is 9.84 Å². The quantitative estimate of drug-likeness (QED) is 0.697. The minimum atomic E-state index is -3.25. The second-order valence-electron chi connectivity index (χ2n) is 6.26. The fourth-order valence-electron chi connectivity index (χ4n) is 2.91. The molecule has 0 aliphatic carbocycles. The molecule has 1 N–H and O–H groups in total. The molecule has 1 atom stereocenters. The van der Waals surface area contributed by atoms with Gasteiger partial charge in [-0.3, -0.25) is 4.79 Å². The molecule has 27 heavy (non-hydrogen) atoms. The minimum absolute atomic E-state index is 0.195. The average molecular weight is 387 g/mol. The zero-order chi connectivity index (χ0) is 19.6. The Morgan fingerprint density at radius 1 is 1.19 bits per heavy atom. The topological polar surface area (TPSA) is 85.6 Å². The van der Waals surface area contributed by atoms with Gasteiger partial charge in [0.25, 0.3) is 5.91 Å². The van der Waals surface area contributed by atoms with Gasteiger partial charge in [0.1, 0.15) is 0 Å². The van der Waals surface area contributed by atoms with Crippen LogP contribution in [0.25, 0.3) is 11.0 Å². The zero-order valence-electron chi connectivity index (χ0n) is 15.4. The molecule has 0 saturated carbocycles. The number of fused-ring (bicyclic) bond motifs is 1. The Morgan fingerprint density at radius 2 is 1.89 bits per heavy atom. The number of hydrogen-bond donors (Lipinski definition) is 1. The fraction of sp³-hybridized carbons (Fsp3) is 0.250. The highest BCUT2D eigenvalue weighted by molar-refractivity contribution is 7.90. The van der Waals surface area contributed by atoms with E-state index in [1.54, 1.807) is 43.5 Å². The van der Waals surface area contributed by atoms with E-state index in [1.807, 2.05) is 19.1 Å². The predicted octanol–water partition coefficient (Wildman–Crippen LogP) is 3.73. The lowest BCUT2D eigenvalue weighted by molar-refractivity contribution is 0.0909. The molecule has 7 heteroatoms. The van der Waals surface area contributed by atoms with E-state index in [1.165, 1.54) is 0 Å². The molecule has 1 heterocycles. The molecule has 2 aromatic carbocycles. The maximum Gasteiger partial charge on any atom is 0.287 e. The lowest BCUT2D eigenvalue weighted by Crippen LogP contribution is -2.27. The average Bonchev–Trinajstić information content (AvgIpc) is 3.09. The molecule has 142 valence electrons. The van der Waals surface area contributed by atoms with Crippen LogP contribution in [0.2, 0.25) is 0 Å². The number of furan rings is 1. The predicted molar refractivity (Wildman–Crippen MR) is 103 cm³/mol. The number of carbonyl (C=O) groups is 1. The molecule has 0 aliphatic heterocycles. The van der Waals surface area contributed by atoms with E-state index in [-0.39, 0.29) is 22.6 Å². The van der Waals surface area contributed by atoms with Gasteiger partial charge in [0, 0.05) is 11.6 Å². The lowest BCUT2D eigenvalue weighted by Gasteiger charge is -2.17. The SMILES string of the molecule is CC[C@H](NC(=O)c1cc2cccc(OC)c2o1)c1ccc(S(C)(=O)=O)cc1. The number of hydrogen-bond acceptors (Lipinski definition) is 5. The number of methoxy groups -OCH3 is 1. The third kappa shape index (κ3) is 3.98. The molecule has 0 radical (unpaired) electrons. The number of amides is 1. The van der Waals surface area contributed by atoms with Crippen LogP contribution in [0.1, 0.15) is 35.5 Å². The molecule has 0 bridgehead atoms. The van der Waals surface area contributed by atoms with Crippen LogP contribution in [0.15, 0.2) is 57.8 Å². The Bertz CT molecular complexity index is 1070. The summed E-state index contributed by atoms with van der Waals surface area (Å²) in [5.41, 5.74) is 1.35. The van der Waals surface area contributed by atoms with Crippen molar-refractivity contribution >= 4 is 26.7 Å². The summed E-state index contributed by atoms with van der Waals surface area (Å²) in [4.78, 5) is 12.9. The number of rotatable bonds is 6. The van der Waals surface area contributed by atoms with Crippen molar-refractivity contribution in [3.8, 4) is 5.75 Å². The van der Waals surface area contributed by atoms with Gasteiger partial charge in [-0.05, 0) is 36.2 Å². The molecule has 1 amide bonds. The fourth-order valence-corrected chi connectivity index (χ4v) is 3.54. The van der Waals surface area contributed by atoms with Crippen molar-refractivity contribution in [1.82, 2.24) is 5.32 Å². The van der Waals surface area contributed by atoms with Crippen molar-refractivity contribution in [1.29, 1.82) is 0 Å². The molecule has 3 aromatic rings. The normalized spacial score (nSPS) is 12.7. The van der Waals surface area contributed by atoms with Crippen molar-refractivity contribution in [2.75, 3.05) is 13.4 Å². The first-order valence-electron chi connectivity index (χ1n) is 8.51. The number of benzene rings is 2. The van der Waals surface area contributed by atoms with Crippen molar-refractivity contribution in [3.05, 3.63) is 59.9 Å². The molecule has 6 nitrogen and oxygen atoms in total. The summed E-state index contributed by atoms with van der Waals surface area (Å²) in [6.45, 7) is 1.94. The van der Waals surface area contributed by atoms with Crippen LogP contribution >= 0.6 is 0 Å². The van der Waals surface area contributed by atoms with Gasteiger partial charge in [-0.25, -0.2) is 8.42 Å². The molecule has 0 unspecified atom stereocenters. The Morgan fingerprint density at radius 3 is 2.48 bits per heavy atom. The highest BCUT2D eigenvalue weighted by atomic mass is 32.2. The van der Waals surface area contributed by atoms with Gasteiger partial charge in [-0.1, -0.05) is 31.2 Å². The smallest absolute Gasteiger partial charge is 0.287 e. The second kappa shape index (κ2) is 7.44. The number of para-hydroxylation sites is 1. The van der Waals surface area contributed by atoms with Crippen LogP contribution in [-0.4, -0.2) is 27.7 Å². The van der Waals surface area contributed by atoms with E-state index in [0.29, 0.717) is 17.8 Å². The molecule has 0 fully saturated rings. The first-order chi connectivity index (χ1) is 12.8. The Kier molecular flexibility index (Phi) is 5.23. The van der Waals surface area contributed by atoms with Gasteiger partial charge in [-0.15, -0.1) is 0 Å². The van der Waals surface area contributed by atoms with Gasteiger partial charge in [0.15, 0.2) is 26.9 Å². The minimum Gasteiger partial charge on any atom is -0.493 e. The summed E-state index contributed by atoms with van der Waals surface area (Å²) in [6.07, 6.45) is 1.81. The molecule has 1 aromatic heterocycles. The van der Waals surface area contributed by atoms with E-state index in [0.717, 1.165) is 17.2 Å². The number of nitrogens with one attached hydrogen (secondary N) is 1. The molecular formula is C20H21NO5S. The standard InChI is InChI=1S/C20H21NO5S/c1-4-16(13-8-10-15(11-9-13)27(3,23)24)21-20(22)18-12-14-6-5-7-17(25-2)19(14)26-18/h5-12,16H,4H2,1-3H3,(H,21,22)/t16-/m0/s1. The maximum atomic E-state index is 12.6. The van der Waals surface area contributed by atoms with E-state index in [2.05, 4.69) is 5.32 Å². The number of ether oxygens (including phenoxy) is 1. The Hall–Kier alpha value is -2.80. The van der Waals surface area contributed by atoms with E-state index in [4.69, 9.17) is 9.15 Å². The monoisotopic (exact) mass is 387 g/mol. The largest absolute Gasteiger partial charge is 0.493 e. The number of sulfone groups is 1. The lowest BCUT2D eigenvalue weighted by atomic mass is 10.0. The first-order valence-corrected chi connectivity index (χ1v) is 10.4. The van der Waals surface area contributed by atoms with E-state index >= 15 is 0 Å². The van der Waals surface area contributed by atoms with Crippen LogP contribution in [0.3, 0.4) is 0 Å². The van der Waals surface area contributed by atoms with Gasteiger partial charge in [0.2, 0.25) is 0 Å². The highest BCUT2D eigenvalue weighted by Gasteiger charge is 2.19. The third-order valence-electron chi connectivity index (χ3n) is 4.38. The summed E-state index contributed by atoms with van der Waals surface area (Å²) in [5, 5.41) is 3.72. The van der Waals surface area contributed by atoms with E-state index in [9.17, 15) is 13.2 Å². The zero-order valence-corrected chi connectivity index (χ0v) is 16.2.